The normalized spacial score (nSPS) is 11.2. The Labute approximate surface area is 192 Å². The van der Waals surface area contributed by atoms with E-state index in [1.165, 1.54) is 5.56 Å². The van der Waals surface area contributed by atoms with Crippen LogP contribution in [0, 0.1) is 13.8 Å². The van der Waals surface area contributed by atoms with Gasteiger partial charge in [0.1, 0.15) is 0 Å². The van der Waals surface area contributed by atoms with Crippen molar-refractivity contribution in [2.24, 2.45) is 0 Å². The Balaban J connectivity index is 1.56. The molecule has 0 fully saturated rings. The van der Waals surface area contributed by atoms with E-state index in [-0.39, 0.29) is 5.91 Å². The van der Waals surface area contributed by atoms with E-state index in [1.807, 2.05) is 47.4 Å². The lowest BCUT2D eigenvalue weighted by atomic mass is 10.0. The highest BCUT2D eigenvalue weighted by Gasteiger charge is 2.22. The smallest absolute Gasteiger partial charge is 0.233 e. The lowest BCUT2D eigenvalue weighted by Gasteiger charge is -2.20. The predicted octanol–water partition coefficient (Wildman–Crippen LogP) is 6.84. The van der Waals surface area contributed by atoms with E-state index in [0.717, 1.165) is 42.8 Å². The largest absolute Gasteiger partial charge is 0.283 e. The molecule has 0 saturated heterocycles. The third-order valence-electron chi connectivity index (χ3n) is 5.87. The van der Waals surface area contributed by atoms with Gasteiger partial charge in [-0.3, -0.25) is 9.69 Å². The molecule has 0 aliphatic rings. The van der Waals surface area contributed by atoms with Gasteiger partial charge in [0.05, 0.1) is 23.2 Å². The Morgan fingerprint density at radius 3 is 2.38 bits per heavy atom. The summed E-state index contributed by atoms with van der Waals surface area (Å²) in [5.74, 6) is 0.0552. The quantitative estimate of drug-likeness (QED) is 0.302. The van der Waals surface area contributed by atoms with E-state index in [0.29, 0.717) is 13.0 Å². The van der Waals surface area contributed by atoms with Gasteiger partial charge in [-0.25, -0.2) is 4.98 Å². The molecule has 3 nitrogen and oxygen atoms in total. The summed E-state index contributed by atoms with van der Waals surface area (Å²) < 4.78 is 1.15. The number of thiazole rings is 1. The molecule has 0 aliphatic carbocycles. The van der Waals surface area contributed by atoms with Crippen LogP contribution >= 0.6 is 11.3 Å². The number of hydrogen-bond acceptors (Lipinski definition) is 3. The highest BCUT2D eigenvalue weighted by molar-refractivity contribution is 7.22. The Hall–Kier alpha value is -3.50. The highest BCUT2D eigenvalue weighted by atomic mass is 32.1. The monoisotopic (exact) mass is 436 g/mol. The van der Waals surface area contributed by atoms with E-state index in [2.05, 4.69) is 56.3 Å². The molecular formula is C28H24N2OS. The van der Waals surface area contributed by atoms with Crippen LogP contribution < -0.4 is 4.90 Å². The van der Waals surface area contributed by atoms with Crippen molar-refractivity contribution in [3.05, 3.63) is 107 Å². The van der Waals surface area contributed by atoms with E-state index in [1.54, 1.807) is 11.3 Å². The van der Waals surface area contributed by atoms with Crippen LogP contribution in [0.5, 0.6) is 0 Å². The maximum Gasteiger partial charge on any atom is 0.233 e. The molecular weight excluding hydrogens is 412 g/mol. The number of benzene rings is 4. The van der Waals surface area contributed by atoms with Crippen molar-refractivity contribution in [1.82, 2.24) is 4.98 Å². The second kappa shape index (κ2) is 8.56. The van der Waals surface area contributed by atoms with Gasteiger partial charge in [0, 0.05) is 0 Å². The second-order valence-electron chi connectivity index (χ2n) is 8.15. The predicted molar refractivity (Wildman–Crippen MR) is 134 cm³/mol. The average molecular weight is 437 g/mol. The third kappa shape index (κ3) is 3.90. The SMILES string of the molecule is Cc1ccc(C)c2sc(N(Cc3ccccc3)C(=O)Cc3cccc4ccccc34)nc12. The highest BCUT2D eigenvalue weighted by Crippen LogP contribution is 2.34. The fourth-order valence-corrected chi connectivity index (χ4v) is 5.23. The first-order valence-electron chi connectivity index (χ1n) is 10.8. The summed E-state index contributed by atoms with van der Waals surface area (Å²) in [6.45, 7) is 4.68. The fourth-order valence-electron chi connectivity index (χ4n) is 4.10. The van der Waals surface area contributed by atoms with Gasteiger partial charge in [0.2, 0.25) is 5.91 Å². The molecule has 0 aliphatic heterocycles. The van der Waals surface area contributed by atoms with Crippen molar-refractivity contribution in [3.8, 4) is 0 Å². The molecule has 0 saturated carbocycles. The number of carbonyl (C=O) groups excluding carboxylic acids is 1. The van der Waals surface area contributed by atoms with Crippen LogP contribution in [-0.2, 0) is 17.8 Å². The Bertz CT molecular complexity index is 1380. The first-order valence-corrected chi connectivity index (χ1v) is 11.6. The molecule has 0 spiro atoms. The summed E-state index contributed by atoms with van der Waals surface area (Å²) in [6.07, 6.45) is 0.335. The minimum Gasteiger partial charge on any atom is -0.283 e. The Morgan fingerprint density at radius 2 is 1.56 bits per heavy atom. The molecule has 1 aromatic heterocycles. The van der Waals surface area contributed by atoms with Gasteiger partial charge in [-0.2, -0.15) is 0 Å². The van der Waals surface area contributed by atoms with Gasteiger partial charge in [0.25, 0.3) is 0 Å². The summed E-state index contributed by atoms with van der Waals surface area (Å²) in [5, 5.41) is 3.03. The van der Waals surface area contributed by atoms with Crippen molar-refractivity contribution in [3.63, 3.8) is 0 Å². The summed E-state index contributed by atoms with van der Waals surface area (Å²) in [5.41, 5.74) is 5.44. The molecule has 0 N–H and O–H groups in total. The van der Waals surface area contributed by atoms with Gasteiger partial charge in [0.15, 0.2) is 5.13 Å². The maximum absolute atomic E-state index is 13.7. The van der Waals surface area contributed by atoms with Gasteiger partial charge in [-0.15, -0.1) is 0 Å². The molecule has 4 heteroatoms. The number of rotatable bonds is 5. The lowest BCUT2D eigenvalue weighted by Crippen LogP contribution is -2.31. The standard InChI is InChI=1S/C28H24N2OS/c1-19-15-16-20(2)27-26(19)29-28(32-27)30(18-21-9-4-3-5-10-21)25(31)17-23-13-8-12-22-11-6-7-14-24(22)23/h3-16H,17-18H2,1-2H3. The Kier molecular flexibility index (Phi) is 5.46. The molecule has 0 unspecified atom stereocenters. The number of amides is 1. The second-order valence-corrected chi connectivity index (χ2v) is 9.13. The van der Waals surface area contributed by atoms with Crippen LogP contribution in [-0.4, -0.2) is 10.9 Å². The van der Waals surface area contributed by atoms with Crippen molar-refractivity contribution in [2.75, 3.05) is 4.90 Å². The van der Waals surface area contributed by atoms with E-state index >= 15 is 0 Å². The molecule has 5 rings (SSSR count). The van der Waals surface area contributed by atoms with Crippen LogP contribution in [0.1, 0.15) is 22.3 Å². The number of fused-ring (bicyclic) bond motifs is 2. The zero-order valence-corrected chi connectivity index (χ0v) is 19.0. The third-order valence-corrected chi connectivity index (χ3v) is 7.08. The molecule has 158 valence electrons. The van der Waals surface area contributed by atoms with E-state index in [4.69, 9.17) is 4.98 Å². The molecule has 32 heavy (non-hydrogen) atoms. The number of anilines is 1. The van der Waals surface area contributed by atoms with Crippen molar-refractivity contribution < 1.29 is 4.79 Å². The van der Waals surface area contributed by atoms with E-state index < -0.39 is 0 Å². The summed E-state index contributed by atoms with van der Waals surface area (Å²) in [7, 11) is 0. The van der Waals surface area contributed by atoms with Crippen LogP contribution in [0.3, 0.4) is 0 Å². The van der Waals surface area contributed by atoms with Crippen molar-refractivity contribution in [1.29, 1.82) is 0 Å². The Morgan fingerprint density at radius 1 is 0.844 bits per heavy atom. The molecule has 5 aromatic rings. The topological polar surface area (TPSA) is 33.2 Å². The summed E-state index contributed by atoms with van der Waals surface area (Å²) in [4.78, 5) is 20.5. The van der Waals surface area contributed by atoms with Crippen LogP contribution in [0.2, 0.25) is 0 Å². The zero-order valence-electron chi connectivity index (χ0n) is 18.2. The number of carbonyl (C=O) groups is 1. The maximum atomic E-state index is 13.7. The summed E-state index contributed by atoms with van der Waals surface area (Å²) in [6, 6.07) is 28.7. The van der Waals surface area contributed by atoms with Gasteiger partial charge >= 0.3 is 0 Å². The molecule has 1 heterocycles. The van der Waals surface area contributed by atoms with Gasteiger partial charge in [-0.1, -0.05) is 96.3 Å². The number of hydrogen-bond donors (Lipinski definition) is 0. The molecule has 0 radical (unpaired) electrons. The van der Waals surface area contributed by atoms with Crippen LogP contribution in [0.4, 0.5) is 5.13 Å². The zero-order chi connectivity index (χ0) is 22.1. The van der Waals surface area contributed by atoms with Crippen molar-refractivity contribution in [2.45, 2.75) is 26.8 Å². The fraction of sp³-hybridized carbons (Fsp3) is 0.143. The number of aryl methyl sites for hydroxylation is 2. The lowest BCUT2D eigenvalue weighted by molar-refractivity contribution is -0.118. The molecule has 4 aromatic carbocycles. The van der Waals surface area contributed by atoms with Crippen molar-refractivity contribution >= 4 is 43.4 Å². The van der Waals surface area contributed by atoms with Crippen LogP contribution in [0.25, 0.3) is 21.0 Å². The number of nitrogens with zero attached hydrogens (tertiary/aromatic N) is 2. The minimum atomic E-state index is 0.0552. The first-order chi connectivity index (χ1) is 15.6. The number of aromatic nitrogens is 1. The van der Waals surface area contributed by atoms with E-state index in [9.17, 15) is 4.79 Å². The van der Waals surface area contributed by atoms with Crippen LogP contribution in [0.15, 0.2) is 84.9 Å². The molecule has 0 atom stereocenters. The minimum absolute atomic E-state index is 0.0552. The first kappa shape index (κ1) is 20.4. The molecule has 0 bridgehead atoms. The van der Waals surface area contributed by atoms with Gasteiger partial charge < -0.3 is 0 Å². The van der Waals surface area contributed by atoms with Gasteiger partial charge in [-0.05, 0) is 46.9 Å². The molecule has 1 amide bonds. The summed E-state index contributed by atoms with van der Waals surface area (Å²) >= 11 is 1.60. The average Bonchev–Trinajstić information content (AvgIpc) is 3.27.